The number of nitrogens with one attached hydrogen (secondary N) is 2. The number of carbonyl (C=O) groups is 1. The summed E-state index contributed by atoms with van der Waals surface area (Å²) in [5.74, 6) is -0.0206. The first-order chi connectivity index (χ1) is 8.20. The van der Waals surface area contributed by atoms with Crippen LogP contribution in [0.25, 0.3) is 11.0 Å². The molecule has 2 aromatic rings. The Morgan fingerprint density at radius 1 is 1.61 bits per heavy atom. The molecule has 0 aliphatic heterocycles. The summed E-state index contributed by atoms with van der Waals surface area (Å²) in [5.41, 5.74) is 7.21. The summed E-state index contributed by atoms with van der Waals surface area (Å²) in [4.78, 5) is 18.9. The Bertz CT molecular complexity index is 526. The number of hydrogen-bond acceptors (Lipinski definition) is 3. The molecule has 2 aromatic heterocycles. The van der Waals surface area contributed by atoms with Gasteiger partial charge in [0.1, 0.15) is 5.65 Å². The number of H-pyrrole nitrogens is 1. The molecule has 0 saturated carbocycles. The van der Waals surface area contributed by atoms with E-state index in [1.165, 1.54) is 0 Å². The molecular weight excluding hydrogens is 252 g/mol. The molecule has 0 aliphatic carbocycles. The van der Waals surface area contributed by atoms with Gasteiger partial charge in [-0.2, -0.15) is 0 Å². The topological polar surface area (TPSA) is 83.8 Å². The predicted molar refractivity (Wildman–Crippen MR) is 73.7 cm³/mol. The summed E-state index contributed by atoms with van der Waals surface area (Å²) < 4.78 is 0. The second kappa shape index (κ2) is 6.37. The normalized spacial score (nSPS) is 11.9. The third-order valence-electron chi connectivity index (χ3n) is 2.65. The van der Waals surface area contributed by atoms with E-state index in [0.717, 1.165) is 16.6 Å². The van der Waals surface area contributed by atoms with Crippen molar-refractivity contribution in [2.75, 3.05) is 6.54 Å². The van der Waals surface area contributed by atoms with Gasteiger partial charge in [0.15, 0.2) is 0 Å². The van der Waals surface area contributed by atoms with E-state index in [0.29, 0.717) is 13.0 Å². The van der Waals surface area contributed by atoms with Gasteiger partial charge in [-0.15, -0.1) is 12.4 Å². The van der Waals surface area contributed by atoms with Gasteiger partial charge in [0.05, 0.1) is 6.42 Å². The molecule has 0 saturated heterocycles. The molecule has 4 N–H and O–H groups in total. The molecule has 0 spiro atoms. The molecule has 1 amide bonds. The van der Waals surface area contributed by atoms with Crippen molar-refractivity contribution in [1.29, 1.82) is 0 Å². The van der Waals surface area contributed by atoms with Crippen LogP contribution in [-0.2, 0) is 11.2 Å². The van der Waals surface area contributed by atoms with Crippen molar-refractivity contribution in [2.45, 2.75) is 19.4 Å². The largest absolute Gasteiger partial charge is 0.352 e. The average Bonchev–Trinajstić information content (AvgIpc) is 2.72. The molecule has 6 heteroatoms. The number of carbonyl (C=O) groups excluding carboxylic acids is 1. The highest BCUT2D eigenvalue weighted by molar-refractivity contribution is 5.87. The Kier molecular flexibility index (Phi) is 5.12. The lowest BCUT2D eigenvalue weighted by Crippen LogP contribution is -2.38. The smallest absolute Gasteiger partial charge is 0.224 e. The van der Waals surface area contributed by atoms with Gasteiger partial charge in [-0.05, 0) is 24.6 Å². The lowest BCUT2D eigenvalue weighted by atomic mass is 10.1. The number of halogens is 1. The number of rotatable bonds is 4. The minimum atomic E-state index is -0.0206. The van der Waals surface area contributed by atoms with Crippen molar-refractivity contribution in [3.05, 3.63) is 30.1 Å². The maximum absolute atomic E-state index is 11.7. The molecule has 0 fully saturated rings. The van der Waals surface area contributed by atoms with Crippen molar-refractivity contribution in [3.63, 3.8) is 0 Å². The maximum Gasteiger partial charge on any atom is 0.224 e. The lowest BCUT2D eigenvalue weighted by Gasteiger charge is -2.10. The Morgan fingerprint density at radius 3 is 3.11 bits per heavy atom. The first-order valence-corrected chi connectivity index (χ1v) is 5.61. The number of aromatic amines is 1. The molecule has 0 bridgehead atoms. The van der Waals surface area contributed by atoms with E-state index in [9.17, 15) is 4.79 Å². The number of pyridine rings is 1. The van der Waals surface area contributed by atoms with Gasteiger partial charge in [0.2, 0.25) is 5.91 Å². The van der Waals surface area contributed by atoms with Crippen LogP contribution in [0.3, 0.4) is 0 Å². The monoisotopic (exact) mass is 268 g/mol. The van der Waals surface area contributed by atoms with E-state index in [4.69, 9.17) is 5.73 Å². The fourth-order valence-corrected chi connectivity index (χ4v) is 1.72. The van der Waals surface area contributed by atoms with Crippen molar-refractivity contribution >= 4 is 29.3 Å². The Hall–Kier alpha value is -1.59. The zero-order chi connectivity index (χ0) is 12.3. The molecule has 0 unspecified atom stereocenters. The quantitative estimate of drug-likeness (QED) is 0.773. The Balaban J connectivity index is 0.00000162. The predicted octanol–water partition coefficient (Wildman–Crippen LogP) is 0.991. The summed E-state index contributed by atoms with van der Waals surface area (Å²) >= 11 is 0. The van der Waals surface area contributed by atoms with Crippen LogP contribution in [0.2, 0.25) is 0 Å². The number of fused-ring (bicyclic) bond motifs is 1. The van der Waals surface area contributed by atoms with Gasteiger partial charge in [-0.25, -0.2) is 4.98 Å². The van der Waals surface area contributed by atoms with E-state index in [1.54, 1.807) is 6.20 Å². The van der Waals surface area contributed by atoms with Crippen LogP contribution < -0.4 is 11.1 Å². The van der Waals surface area contributed by atoms with Crippen LogP contribution in [0.5, 0.6) is 0 Å². The summed E-state index contributed by atoms with van der Waals surface area (Å²) in [6, 6.07) is 3.82. The third-order valence-corrected chi connectivity index (χ3v) is 2.65. The Morgan fingerprint density at radius 2 is 2.39 bits per heavy atom. The second-order valence-electron chi connectivity index (χ2n) is 4.09. The zero-order valence-corrected chi connectivity index (χ0v) is 11.0. The number of amides is 1. The van der Waals surface area contributed by atoms with Crippen molar-refractivity contribution in [1.82, 2.24) is 15.3 Å². The van der Waals surface area contributed by atoms with Crippen molar-refractivity contribution < 1.29 is 4.79 Å². The van der Waals surface area contributed by atoms with Crippen LogP contribution in [0.15, 0.2) is 24.5 Å². The average molecular weight is 269 g/mol. The van der Waals surface area contributed by atoms with Gasteiger partial charge in [0.25, 0.3) is 0 Å². The van der Waals surface area contributed by atoms with Crippen LogP contribution in [0, 0.1) is 0 Å². The summed E-state index contributed by atoms with van der Waals surface area (Å²) in [6.45, 7) is 2.33. The third kappa shape index (κ3) is 3.21. The molecule has 2 rings (SSSR count). The molecule has 98 valence electrons. The standard InChI is InChI=1S/C12H16N4O.ClH/c1-8(6-13)16-11(17)5-9-7-15-12-10(9)3-2-4-14-12;/h2-4,7-8H,5-6,13H2,1H3,(H,14,15)(H,16,17);1H/t8-;/m0./s1. The highest BCUT2D eigenvalue weighted by atomic mass is 35.5. The van der Waals surface area contributed by atoms with Gasteiger partial charge >= 0.3 is 0 Å². The van der Waals surface area contributed by atoms with E-state index in [1.807, 2.05) is 25.3 Å². The molecule has 18 heavy (non-hydrogen) atoms. The van der Waals surface area contributed by atoms with Crippen LogP contribution in [0.1, 0.15) is 12.5 Å². The summed E-state index contributed by atoms with van der Waals surface area (Å²) in [5, 5.41) is 3.82. The van der Waals surface area contributed by atoms with Crippen LogP contribution >= 0.6 is 12.4 Å². The molecular formula is C12H17ClN4O. The minimum Gasteiger partial charge on any atom is -0.352 e. The fourth-order valence-electron chi connectivity index (χ4n) is 1.72. The summed E-state index contributed by atoms with van der Waals surface area (Å²) in [6.07, 6.45) is 3.89. The number of aromatic nitrogens is 2. The van der Waals surface area contributed by atoms with E-state index >= 15 is 0 Å². The molecule has 2 heterocycles. The lowest BCUT2D eigenvalue weighted by molar-refractivity contribution is -0.120. The number of nitrogens with two attached hydrogens (primary N) is 1. The van der Waals surface area contributed by atoms with Gasteiger partial charge in [-0.1, -0.05) is 0 Å². The Labute approximate surface area is 112 Å². The van der Waals surface area contributed by atoms with Crippen LogP contribution in [0.4, 0.5) is 0 Å². The fraction of sp³-hybridized carbons (Fsp3) is 0.333. The van der Waals surface area contributed by atoms with Gasteiger partial charge in [-0.3, -0.25) is 4.79 Å². The highest BCUT2D eigenvalue weighted by Crippen LogP contribution is 2.15. The van der Waals surface area contributed by atoms with Gasteiger partial charge < -0.3 is 16.0 Å². The summed E-state index contributed by atoms with van der Waals surface area (Å²) in [7, 11) is 0. The maximum atomic E-state index is 11.7. The molecule has 0 radical (unpaired) electrons. The SMILES string of the molecule is C[C@@H](CN)NC(=O)Cc1c[nH]c2ncccc12.Cl. The molecule has 1 atom stereocenters. The molecule has 0 aromatic carbocycles. The molecule has 5 nitrogen and oxygen atoms in total. The minimum absolute atomic E-state index is 0. The van der Waals surface area contributed by atoms with E-state index in [-0.39, 0.29) is 24.4 Å². The first kappa shape index (κ1) is 14.5. The van der Waals surface area contributed by atoms with Gasteiger partial charge in [0, 0.05) is 30.4 Å². The first-order valence-electron chi connectivity index (χ1n) is 5.61. The second-order valence-corrected chi connectivity index (χ2v) is 4.09. The highest BCUT2D eigenvalue weighted by Gasteiger charge is 2.10. The number of nitrogens with zero attached hydrogens (tertiary/aromatic N) is 1. The molecule has 0 aliphatic rings. The van der Waals surface area contributed by atoms with E-state index in [2.05, 4.69) is 15.3 Å². The van der Waals surface area contributed by atoms with Crippen LogP contribution in [-0.4, -0.2) is 28.5 Å². The van der Waals surface area contributed by atoms with E-state index < -0.39 is 0 Å². The zero-order valence-electron chi connectivity index (χ0n) is 10.1. The number of hydrogen-bond donors (Lipinski definition) is 3. The van der Waals surface area contributed by atoms with Crippen molar-refractivity contribution in [3.8, 4) is 0 Å². The van der Waals surface area contributed by atoms with Crippen molar-refractivity contribution in [2.24, 2.45) is 5.73 Å².